The summed E-state index contributed by atoms with van der Waals surface area (Å²) in [6, 6.07) is 6.21. The summed E-state index contributed by atoms with van der Waals surface area (Å²) in [6.07, 6.45) is -4.10. The van der Waals surface area contributed by atoms with Crippen LogP contribution >= 0.6 is 27.5 Å². The van der Waals surface area contributed by atoms with Crippen LogP contribution in [0.5, 0.6) is 0 Å². The molecule has 28 heavy (non-hydrogen) atoms. The van der Waals surface area contributed by atoms with Gasteiger partial charge < -0.3 is 5.32 Å². The number of carbonyl (C=O) groups excluding carboxylic acids is 1. The van der Waals surface area contributed by atoms with Crippen molar-refractivity contribution in [1.82, 2.24) is 0 Å². The van der Waals surface area contributed by atoms with Crippen LogP contribution in [0.1, 0.15) is 5.56 Å². The SMILES string of the molecule is CS(=O)(=O)N(CC(=O)Nc1ccc(Br)cc1F)c1ccc(Cl)c(C(F)(F)F)c1. The molecular weight excluding hydrogens is 492 g/mol. The number of carbonyl (C=O) groups is 1. The highest BCUT2D eigenvalue weighted by molar-refractivity contribution is 9.10. The van der Waals surface area contributed by atoms with Gasteiger partial charge in [-0.15, -0.1) is 0 Å². The quantitative estimate of drug-likeness (QED) is 0.604. The molecule has 0 unspecified atom stereocenters. The molecule has 12 heteroatoms. The molecule has 2 aromatic carbocycles. The summed E-state index contributed by atoms with van der Waals surface area (Å²) in [4.78, 5) is 12.2. The Bertz CT molecular complexity index is 1020. The van der Waals surface area contributed by atoms with Gasteiger partial charge in [-0.2, -0.15) is 13.2 Å². The van der Waals surface area contributed by atoms with Gasteiger partial charge in [-0.05, 0) is 36.4 Å². The van der Waals surface area contributed by atoms with Crippen LogP contribution in [0.4, 0.5) is 28.9 Å². The Morgan fingerprint density at radius 3 is 2.39 bits per heavy atom. The Hall–Kier alpha value is -1.85. The Kier molecular flexibility index (Phi) is 6.62. The molecule has 0 saturated heterocycles. The summed E-state index contributed by atoms with van der Waals surface area (Å²) < 4.78 is 77.9. The van der Waals surface area contributed by atoms with Crippen molar-refractivity contribution in [2.24, 2.45) is 0 Å². The summed E-state index contributed by atoms with van der Waals surface area (Å²) in [6.45, 7) is -0.868. The second-order valence-corrected chi connectivity index (χ2v) is 8.83. The van der Waals surface area contributed by atoms with Gasteiger partial charge >= 0.3 is 6.18 Å². The highest BCUT2D eigenvalue weighted by Gasteiger charge is 2.34. The number of hydrogen-bond donors (Lipinski definition) is 1. The standard InChI is InChI=1S/C16H12BrClF4N2O3S/c1-28(26,27)24(10-3-4-12(18)11(7-10)16(20,21)22)8-15(25)23-14-5-2-9(17)6-13(14)19/h2-7H,8H2,1H3,(H,23,25). The largest absolute Gasteiger partial charge is 0.417 e. The van der Waals surface area contributed by atoms with Gasteiger partial charge in [0.1, 0.15) is 12.4 Å². The topological polar surface area (TPSA) is 66.5 Å². The molecule has 0 aliphatic carbocycles. The van der Waals surface area contributed by atoms with E-state index in [1.54, 1.807) is 0 Å². The molecule has 1 amide bonds. The van der Waals surface area contributed by atoms with Gasteiger partial charge in [0.15, 0.2) is 0 Å². The highest BCUT2D eigenvalue weighted by atomic mass is 79.9. The van der Waals surface area contributed by atoms with E-state index < -0.39 is 50.7 Å². The smallest absolute Gasteiger partial charge is 0.322 e. The van der Waals surface area contributed by atoms with Crippen molar-refractivity contribution in [1.29, 1.82) is 0 Å². The normalized spacial score (nSPS) is 12.0. The van der Waals surface area contributed by atoms with Gasteiger partial charge in [0, 0.05) is 4.47 Å². The molecular formula is C16H12BrClF4N2O3S. The first kappa shape index (κ1) is 22.4. The maximum Gasteiger partial charge on any atom is 0.417 e. The van der Waals surface area contributed by atoms with E-state index in [-0.39, 0.29) is 5.69 Å². The fourth-order valence-electron chi connectivity index (χ4n) is 2.20. The monoisotopic (exact) mass is 502 g/mol. The number of nitrogens with zero attached hydrogens (tertiary/aromatic N) is 1. The lowest BCUT2D eigenvalue weighted by atomic mass is 10.2. The number of alkyl halides is 3. The van der Waals surface area contributed by atoms with Crippen LogP contribution in [-0.2, 0) is 21.0 Å². The van der Waals surface area contributed by atoms with E-state index in [2.05, 4.69) is 21.2 Å². The lowest BCUT2D eigenvalue weighted by Crippen LogP contribution is -2.37. The molecule has 0 saturated carbocycles. The molecule has 0 spiro atoms. The van der Waals surface area contributed by atoms with E-state index in [4.69, 9.17) is 11.6 Å². The van der Waals surface area contributed by atoms with Crippen LogP contribution in [0.3, 0.4) is 0 Å². The van der Waals surface area contributed by atoms with Crippen LogP contribution in [0.15, 0.2) is 40.9 Å². The van der Waals surface area contributed by atoms with Gasteiger partial charge in [-0.1, -0.05) is 27.5 Å². The van der Waals surface area contributed by atoms with Crippen molar-refractivity contribution < 1.29 is 30.8 Å². The fraction of sp³-hybridized carbons (Fsp3) is 0.188. The number of amides is 1. The fourth-order valence-corrected chi connectivity index (χ4v) is 3.60. The van der Waals surface area contributed by atoms with Crippen LogP contribution in [0.2, 0.25) is 5.02 Å². The van der Waals surface area contributed by atoms with E-state index in [1.807, 2.05) is 0 Å². The first-order chi connectivity index (χ1) is 12.8. The number of hydrogen-bond acceptors (Lipinski definition) is 3. The number of halogens is 6. The molecule has 5 nitrogen and oxygen atoms in total. The van der Waals surface area contributed by atoms with Gasteiger partial charge in [-0.25, -0.2) is 12.8 Å². The maximum absolute atomic E-state index is 13.8. The van der Waals surface area contributed by atoms with Gasteiger partial charge in [0.05, 0.1) is 28.2 Å². The average molecular weight is 504 g/mol. The van der Waals surface area contributed by atoms with Crippen LogP contribution in [-0.4, -0.2) is 27.1 Å². The van der Waals surface area contributed by atoms with Crippen LogP contribution in [0, 0.1) is 5.82 Å². The molecule has 2 rings (SSSR count). The Morgan fingerprint density at radius 1 is 1.21 bits per heavy atom. The molecule has 1 N–H and O–H groups in total. The third kappa shape index (κ3) is 5.58. The van der Waals surface area contributed by atoms with Crippen LogP contribution in [0.25, 0.3) is 0 Å². The predicted molar refractivity (Wildman–Crippen MR) is 101 cm³/mol. The molecule has 0 aromatic heterocycles. The molecule has 0 fully saturated rings. The van der Waals surface area contributed by atoms with Gasteiger partial charge in [0.25, 0.3) is 0 Å². The van der Waals surface area contributed by atoms with E-state index in [1.165, 1.54) is 12.1 Å². The van der Waals surface area contributed by atoms with E-state index >= 15 is 0 Å². The zero-order valence-electron chi connectivity index (χ0n) is 14.0. The van der Waals surface area contributed by atoms with Crippen LogP contribution < -0.4 is 9.62 Å². The Balaban J connectivity index is 2.34. The molecule has 0 heterocycles. The first-order valence-electron chi connectivity index (χ1n) is 7.38. The van der Waals surface area contributed by atoms with Crippen molar-refractivity contribution in [3.63, 3.8) is 0 Å². The number of nitrogens with one attached hydrogen (secondary N) is 1. The average Bonchev–Trinajstić information content (AvgIpc) is 2.54. The lowest BCUT2D eigenvalue weighted by molar-refractivity contribution is -0.137. The van der Waals surface area contributed by atoms with Crippen molar-refractivity contribution in [2.45, 2.75) is 6.18 Å². The number of rotatable bonds is 5. The summed E-state index contributed by atoms with van der Waals surface area (Å²) in [5.41, 5.74) is -1.88. The third-order valence-corrected chi connectivity index (χ3v) is 5.40. The van der Waals surface area contributed by atoms with Crippen molar-refractivity contribution in [3.05, 3.63) is 57.3 Å². The van der Waals surface area contributed by atoms with E-state index in [9.17, 15) is 30.8 Å². The second kappa shape index (κ2) is 8.26. The molecule has 0 bridgehead atoms. The van der Waals surface area contributed by atoms with Crippen molar-refractivity contribution in [2.75, 3.05) is 22.4 Å². The second-order valence-electron chi connectivity index (χ2n) is 5.60. The summed E-state index contributed by atoms with van der Waals surface area (Å²) in [5, 5.41) is 1.56. The van der Waals surface area contributed by atoms with Gasteiger partial charge in [0.2, 0.25) is 15.9 Å². The summed E-state index contributed by atoms with van der Waals surface area (Å²) >= 11 is 8.58. The number of sulfonamides is 1. The minimum absolute atomic E-state index is 0.214. The Labute approximate surface area is 171 Å². The first-order valence-corrected chi connectivity index (χ1v) is 10.4. The molecule has 0 atom stereocenters. The minimum Gasteiger partial charge on any atom is -0.322 e. The van der Waals surface area contributed by atoms with Gasteiger partial charge in [-0.3, -0.25) is 9.10 Å². The summed E-state index contributed by atoms with van der Waals surface area (Å²) in [5.74, 6) is -1.73. The predicted octanol–water partition coefficient (Wildman–Crippen LogP) is 4.67. The van der Waals surface area contributed by atoms with E-state index in [0.717, 1.165) is 24.5 Å². The summed E-state index contributed by atoms with van der Waals surface area (Å²) in [7, 11) is -4.14. The van der Waals surface area contributed by atoms with Crippen molar-refractivity contribution in [3.8, 4) is 0 Å². The van der Waals surface area contributed by atoms with Crippen molar-refractivity contribution >= 4 is 54.8 Å². The molecule has 0 radical (unpaired) electrons. The molecule has 152 valence electrons. The zero-order valence-corrected chi connectivity index (χ0v) is 17.2. The Morgan fingerprint density at radius 2 is 1.86 bits per heavy atom. The zero-order chi connectivity index (χ0) is 21.3. The lowest BCUT2D eigenvalue weighted by Gasteiger charge is -2.23. The molecule has 2 aromatic rings. The minimum atomic E-state index is -4.82. The third-order valence-electron chi connectivity index (χ3n) is 3.44. The molecule has 0 aliphatic heterocycles. The number of benzene rings is 2. The molecule has 0 aliphatic rings. The maximum atomic E-state index is 13.8. The van der Waals surface area contributed by atoms with E-state index in [0.29, 0.717) is 14.8 Å². The highest BCUT2D eigenvalue weighted by Crippen LogP contribution is 2.37. The number of anilines is 2.